The van der Waals surface area contributed by atoms with Crippen molar-refractivity contribution in [2.75, 3.05) is 6.61 Å². The van der Waals surface area contributed by atoms with Gasteiger partial charge < -0.3 is 4.74 Å². The van der Waals surface area contributed by atoms with Gasteiger partial charge in [-0.3, -0.25) is 0 Å². The topological polar surface area (TPSA) is 35.0 Å². The second-order valence-electron chi connectivity index (χ2n) is 2.98. The maximum Gasteiger partial charge on any atom is 0.198 e. The summed E-state index contributed by atoms with van der Waals surface area (Å²) in [7, 11) is 0. The van der Waals surface area contributed by atoms with Gasteiger partial charge in [0.2, 0.25) is 0 Å². The molecule has 1 radical (unpaired) electrons. The molecule has 0 saturated carbocycles. The zero-order chi connectivity index (χ0) is 10.5. The van der Waals surface area contributed by atoms with Crippen LogP contribution in [-0.2, 0) is 0 Å². The van der Waals surface area contributed by atoms with Crippen LogP contribution in [0.1, 0.15) is 6.92 Å². The lowest BCUT2D eigenvalue weighted by Gasteiger charge is -2.07. The van der Waals surface area contributed by atoms with E-state index in [4.69, 9.17) is 4.74 Å². The van der Waals surface area contributed by atoms with E-state index in [2.05, 4.69) is 16.3 Å². The number of aromatic nitrogens is 2. The zero-order valence-corrected chi connectivity index (χ0v) is 8.47. The second-order valence-corrected chi connectivity index (χ2v) is 2.98. The van der Waals surface area contributed by atoms with Gasteiger partial charge in [-0.1, -0.05) is 30.3 Å². The molecule has 3 heteroatoms. The molecule has 0 aliphatic rings. The van der Waals surface area contributed by atoms with Crippen molar-refractivity contribution in [2.45, 2.75) is 6.92 Å². The summed E-state index contributed by atoms with van der Waals surface area (Å²) in [5, 5.41) is 0. The largest absolute Gasteiger partial charge is 0.490 e. The number of hydrogen-bond acceptors (Lipinski definition) is 3. The third-order valence-corrected chi connectivity index (χ3v) is 1.98. The van der Waals surface area contributed by atoms with E-state index in [1.165, 1.54) is 0 Å². The molecule has 0 atom stereocenters. The predicted octanol–water partition coefficient (Wildman–Crippen LogP) is 2.34. The highest BCUT2D eigenvalue weighted by Crippen LogP contribution is 2.25. The Hall–Kier alpha value is -1.90. The monoisotopic (exact) mass is 199 g/mol. The quantitative estimate of drug-likeness (QED) is 0.761. The summed E-state index contributed by atoms with van der Waals surface area (Å²) in [6, 6.07) is 9.87. The molecule has 0 unspecified atom stereocenters. The first-order valence-electron chi connectivity index (χ1n) is 4.83. The van der Waals surface area contributed by atoms with Crippen LogP contribution >= 0.6 is 0 Å². The Balaban J connectivity index is 2.43. The van der Waals surface area contributed by atoms with Gasteiger partial charge in [0.1, 0.15) is 5.69 Å². The lowest BCUT2D eigenvalue weighted by atomic mass is 10.1. The maximum atomic E-state index is 5.45. The van der Waals surface area contributed by atoms with E-state index < -0.39 is 0 Å². The van der Waals surface area contributed by atoms with Gasteiger partial charge in [0, 0.05) is 5.56 Å². The van der Waals surface area contributed by atoms with Crippen molar-refractivity contribution >= 4 is 0 Å². The summed E-state index contributed by atoms with van der Waals surface area (Å²) in [6.45, 7) is 2.54. The highest BCUT2D eigenvalue weighted by atomic mass is 16.5. The van der Waals surface area contributed by atoms with Crippen LogP contribution in [-0.4, -0.2) is 16.6 Å². The number of ether oxygens (including phenoxy) is 1. The fourth-order valence-corrected chi connectivity index (χ4v) is 1.35. The van der Waals surface area contributed by atoms with Crippen molar-refractivity contribution in [3.05, 3.63) is 42.9 Å². The number of benzene rings is 1. The third-order valence-electron chi connectivity index (χ3n) is 1.98. The molecular weight excluding hydrogens is 188 g/mol. The summed E-state index contributed by atoms with van der Waals surface area (Å²) in [6.07, 6.45) is 4.22. The van der Waals surface area contributed by atoms with Gasteiger partial charge in [-0.15, -0.1) is 0 Å². The zero-order valence-electron chi connectivity index (χ0n) is 8.47. The Kier molecular flexibility index (Phi) is 2.93. The molecule has 75 valence electrons. The molecular formula is C12H11N2O. The van der Waals surface area contributed by atoms with Crippen molar-refractivity contribution in [3.8, 4) is 17.0 Å². The molecule has 0 aliphatic carbocycles. The van der Waals surface area contributed by atoms with E-state index in [1.54, 1.807) is 6.20 Å². The van der Waals surface area contributed by atoms with Crippen LogP contribution in [0, 0.1) is 6.33 Å². The molecule has 0 aliphatic heterocycles. The molecule has 0 bridgehead atoms. The predicted molar refractivity (Wildman–Crippen MR) is 57.5 cm³/mol. The molecule has 1 aromatic heterocycles. The van der Waals surface area contributed by atoms with Gasteiger partial charge in [0.05, 0.1) is 12.8 Å². The first kappa shape index (κ1) is 9.65. The number of rotatable bonds is 3. The van der Waals surface area contributed by atoms with Crippen LogP contribution in [0.15, 0.2) is 36.5 Å². The minimum absolute atomic E-state index is 0.604. The first-order valence-corrected chi connectivity index (χ1v) is 4.83. The van der Waals surface area contributed by atoms with Crippen LogP contribution in [0.25, 0.3) is 11.3 Å². The summed E-state index contributed by atoms with van der Waals surface area (Å²) in [4.78, 5) is 7.93. The highest BCUT2D eigenvalue weighted by Gasteiger charge is 2.06. The molecule has 1 aromatic carbocycles. The summed E-state index contributed by atoms with van der Waals surface area (Å²) in [5.41, 5.74) is 1.80. The SMILES string of the molecule is CCOc1cn[c]nc1-c1ccccc1. The van der Waals surface area contributed by atoms with Gasteiger partial charge >= 0.3 is 0 Å². The summed E-state index contributed by atoms with van der Waals surface area (Å²) >= 11 is 0. The van der Waals surface area contributed by atoms with E-state index in [9.17, 15) is 0 Å². The van der Waals surface area contributed by atoms with Crippen molar-refractivity contribution < 1.29 is 4.74 Å². The molecule has 0 N–H and O–H groups in total. The average Bonchev–Trinajstić information content (AvgIpc) is 2.31. The standard InChI is InChI=1S/C12H11N2O/c1-2-15-11-8-13-9-14-12(11)10-6-4-3-5-7-10/h3-8H,2H2,1H3. The Labute approximate surface area is 88.8 Å². The van der Waals surface area contributed by atoms with Crippen molar-refractivity contribution in [3.63, 3.8) is 0 Å². The fraction of sp³-hybridized carbons (Fsp3) is 0.167. The Morgan fingerprint density at radius 1 is 1.27 bits per heavy atom. The lowest BCUT2D eigenvalue weighted by molar-refractivity contribution is 0.339. The van der Waals surface area contributed by atoms with Crippen LogP contribution < -0.4 is 4.74 Å². The number of nitrogens with zero attached hydrogens (tertiary/aromatic N) is 2. The fourth-order valence-electron chi connectivity index (χ4n) is 1.35. The van der Waals surface area contributed by atoms with Crippen molar-refractivity contribution in [1.82, 2.24) is 9.97 Å². The molecule has 2 rings (SSSR count). The normalized spacial score (nSPS) is 9.93. The maximum absolute atomic E-state index is 5.45. The van der Waals surface area contributed by atoms with Crippen molar-refractivity contribution in [2.24, 2.45) is 0 Å². The first-order chi connectivity index (χ1) is 7.42. The van der Waals surface area contributed by atoms with E-state index in [-0.39, 0.29) is 0 Å². The Bertz CT molecular complexity index is 429. The minimum Gasteiger partial charge on any atom is -0.490 e. The number of hydrogen-bond donors (Lipinski definition) is 0. The van der Waals surface area contributed by atoms with E-state index in [0.717, 1.165) is 11.3 Å². The van der Waals surface area contributed by atoms with Crippen molar-refractivity contribution in [1.29, 1.82) is 0 Å². The van der Waals surface area contributed by atoms with Crippen LogP contribution in [0.3, 0.4) is 0 Å². The lowest BCUT2D eigenvalue weighted by Crippen LogP contribution is -1.96. The Morgan fingerprint density at radius 3 is 2.80 bits per heavy atom. The van der Waals surface area contributed by atoms with Crippen LogP contribution in [0.5, 0.6) is 5.75 Å². The van der Waals surface area contributed by atoms with Crippen LogP contribution in [0.4, 0.5) is 0 Å². The average molecular weight is 199 g/mol. The molecule has 3 nitrogen and oxygen atoms in total. The molecule has 0 fully saturated rings. The second kappa shape index (κ2) is 4.55. The Morgan fingerprint density at radius 2 is 2.07 bits per heavy atom. The molecule has 15 heavy (non-hydrogen) atoms. The summed E-state index contributed by atoms with van der Waals surface area (Å²) in [5.74, 6) is 0.697. The molecule has 0 amide bonds. The minimum atomic E-state index is 0.604. The third kappa shape index (κ3) is 2.13. The van der Waals surface area contributed by atoms with Gasteiger partial charge in [0.15, 0.2) is 12.1 Å². The smallest absolute Gasteiger partial charge is 0.198 e. The van der Waals surface area contributed by atoms with Crippen LogP contribution in [0.2, 0.25) is 0 Å². The molecule has 0 saturated heterocycles. The van der Waals surface area contributed by atoms with E-state index >= 15 is 0 Å². The van der Waals surface area contributed by atoms with Gasteiger partial charge in [-0.25, -0.2) is 9.97 Å². The highest BCUT2D eigenvalue weighted by molar-refractivity contribution is 5.65. The summed E-state index contributed by atoms with van der Waals surface area (Å²) < 4.78 is 5.45. The molecule has 1 heterocycles. The molecule has 0 spiro atoms. The molecule has 2 aromatic rings. The van der Waals surface area contributed by atoms with Gasteiger partial charge in [-0.2, -0.15) is 0 Å². The van der Waals surface area contributed by atoms with E-state index in [1.807, 2.05) is 37.3 Å². The van der Waals surface area contributed by atoms with E-state index in [0.29, 0.717) is 12.4 Å². The van der Waals surface area contributed by atoms with Gasteiger partial charge in [0.25, 0.3) is 0 Å². The van der Waals surface area contributed by atoms with Gasteiger partial charge in [-0.05, 0) is 6.92 Å².